The number of fused-ring (bicyclic) bond motifs is 1. The number of carbonyl (C=O) groups is 1. The minimum atomic E-state index is 0.220. The van der Waals surface area contributed by atoms with Crippen molar-refractivity contribution in [3.63, 3.8) is 0 Å². The lowest BCUT2D eigenvalue weighted by Crippen LogP contribution is -2.33. The van der Waals surface area contributed by atoms with Crippen LogP contribution >= 0.6 is 0 Å². The summed E-state index contributed by atoms with van der Waals surface area (Å²) in [5.74, 6) is 1.23. The van der Waals surface area contributed by atoms with Crippen LogP contribution in [-0.4, -0.2) is 18.0 Å². The van der Waals surface area contributed by atoms with Crippen LogP contribution in [0.15, 0.2) is 0 Å². The van der Waals surface area contributed by atoms with E-state index >= 15 is 0 Å². The molecule has 0 aromatic heterocycles. The third-order valence-electron chi connectivity index (χ3n) is 3.83. The number of ether oxygens (including phenoxy) is 1. The van der Waals surface area contributed by atoms with Gasteiger partial charge < -0.3 is 4.74 Å². The van der Waals surface area contributed by atoms with Crippen LogP contribution in [0.25, 0.3) is 0 Å². The topological polar surface area (TPSA) is 26.3 Å². The molecule has 2 nitrogen and oxygen atoms in total. The average Bonchev–Trinajstić information content (AvgIpc) is 2.57. The van der Waals surface area contributed by atoms with Gasteiger partial charge in [-0.1, -0.05) is 13.8 Å². The lowest BCUT2D eigenvalue weighted by atomic mass is 9.74. The van der Waals surface area contributed by atoms with Crippen LogP contribution in [0.4, 0.5) is 0 Å². The molecular formula is C12H20O2. The lowest BCUT2D eigenvalue weighted by Gasteiger charge is -2.26. The fraction of sp³-hybridized carbons (Fsp3) is 0.917. The summed E-state index contributed by atoms with van der Waals surface area (Å²) in [4.78, 5) is 11.8. The molecule has 14 heavy (non-hydrogen) atoms. The van der Waals surface area contributed by atoms with E-state index in [1.54, 1.807) is 0 Å². The van der Waals surface area contributed by atoms with Crippen LogP contribution in [0.3, 0.4) is 0 Å². The molecule has 2 heteroatoms. The minimum absolute atomic E-state index is 0.220. The second-order valence-corrected chi connectivity index (χ2v) is 4.58. The Morgan fingerprint density at radius 1 is 1.29 bits per heavy atom. The molecule has 2 rings (SSSR count). The minimum Gasteiger partial charge on any atom is -0.374 e. The van der Waals surface area contributed by atoms with Crippen LogP contribution in [0.5, 0.6) is 0 Å². The molecule has 2 fully saturated rings. The number of carbonyl (C=O) groups excluding carboxylic acids is 1. The maximum absolute atomic E-state index is 11.8. The van der Waals surface area contributed by atoms with Crippen molar-refractivity contribution >= 4 is 5.78 Å². The molecule has 2 aliphatic rings. The molecule has 1 saturated carbocycles. The molecule has 0 aromatic rings. The van der Waals surface area contributed by atoms with Crippen molar-refractivity contribution < 1.29 is 9.53 Å². The van der Waals surface area contributed by atoms with Crippen LogP contribution in [0.2, 0.25) is 0 Å². The molecule has 0 amide bonds. The van der Waals surface area contributed by atoms with Crippen LogP contribution in [0, 0.1) is 11.8 Å². The first-order chi connectivity index (χ1) is 6.77. The summed E-state index contributed by atoms with van der Waals surface area (Å²) in [6, 6.07) is 0. The molecule has 4 atom stereocenters. The summed E-state index contributed by atoms with van der Waals surface area (Å²) in [5, 5.41) is 0. The summed E-state index contributed by atoms with van der Waals surface area (Å²) >= 11 is 0. The molecule has 0 radical (unpaired) electrons. The summed E-state index contributed by atoms with van der Waals surface area (Å²) in [6.45, 7) is 4.29. The number of Topliss-reactive ketones (excluding diaryl/α,β-unsaturated/α-hetero) is 1. The third-order valence-corrected chi connectivity index (χ3v) is 3.83. The predicted octanol–water partition coefficient (Wildman–Crippen LogP) is 2.56. The molecule has 0 N–H and O–H groups in total. The van der Waals surface area contributed by atoms with E-state index in [2.05, 4.69) is 13.8 Å². The molecule has 0 spiro atoms. The van der Waals surface area contributed by atoms with Crippen molar-refractivity contribution in [3.8, 4) is 0 Å². The quantitative estimate of drug-likeness (QED) is 0.678. The van der Waals surface area contributed by atoms with Gasteiger partial charge in [0.1, 0.15) is 5.78 Å². The van der Waals surface area contributed by atoms with E-state index in [1.807, 2.05) is 0 Å². The Bertz CT molecular complexity index is 224. The highest BCUT2D eigenvalue weighted by Crippen LogP contribution is 2.42. The first-order valence-electron chi connectivity index (χ1n) is 5.96. The third kappa shape index (κ3) is 1.50. The van der Waals surface area contributed by atoms with Gasteiger partial charge in [0.15, 0.2) is 0 Å². The SMILES string of the molecule is CCC1OC(CC)[C@@H]2CCCC(=O)[C@H]12. The first-order valence-corrected chi connectivity index (χ1v) is 5.96. The zero-order valence-electron chi connectivity index (χ0n) is 9.16. The van der Waals surface area contributed by atoms with Crippen LogP contribution < -0.4 is 0 Å². The predicted molar refractivity (Wildman–Crippen MR) is 55.1 cm³/mol. The van der Waals surface area contributed by atoms with Crippen molar-refractivity contribution in [2.45, 2.75) is 58.2 Å². The molecule has 1 saturated heterocycles. The van der Waals surface area contributed by atoms with E-state index in [-0.39, 0.29) is 12.0 Å². The standard InChI is InChI=1S/C12H20O2/c1-3-10-8-6-5-7-9(13)12(8)11(4-2)14-10/h8,10-12H,3-7H2,1-2H3/t8-,10?,11?,12+/m0/s1. The molecule has 2 unspecified atom stereocenters. The van der Waals surface area contributed by atoms with Gasteiger partial charge >= 0.3 is 0 Å². The van der Waals surface area contributed by atoms with Gasteiger partial charge in [-0.25, -0.2) is 0 Å². The zero-order chi connectivity index (χ0) is 10.1. The first kappa shape index (κ1) is 10.2. The van der Waals surface area contributed by atoms with Gasteiger partial charge in [0.2, 0.25) is 0 Å². The number of hydrogen-bond acceptors (Lipinski definition) is 2. The van der Waals surface area contributed by atoms with Gasteiger partial charge in [-0.3, -0.25) is 4.79 Å². The Balaban J connectivity index is 2.16. The van der Waals surface area contributed by atoms with Crippen molar-refractivity contribution in [1.29, 1.82) is 0 Å². The van der Waals surface area contributed by atoms with Gasteiger partial charge in [-0.2, -0.15) is 0 Å². The monoisotopic (exact) mass is 196 g/mol. The van der Waals surface area contributed by atoms with Crippen molar-refractivity contribution in [2.24, 2.45) is 11.8 Å². The van der Waals surface area contributed by atoms with Crippen LogP contribution in [0.1, 0.15) is 46.0 Å². The Labute approximate surface area is 86.0 Å². The van der Waals surface area contributed by atoms with Gasteiger partial charge in [0.05, 0.1) is 12.2 Å². The van der Waals surface area contributed by atoms with E-state index in [0.29, 0.717) is 17.8 Å². The zero-order valence-corrected chi connectivity index (χ0v) is 9.16. The smallest absolute Gasteiger partial charge is 0.138 e. The highest BCUT2D eigenvalue weighted by atomic mass is 16.5. The Morgan fingerprint density at radius 2 is 2.00 bits per heavy atom. The molecule has 1 aliphatic carbocycles. The van der Waals surface area contributed by atoms with Gasteiger partial charge in [-0.15, -0.1) is 0 Å². The normalized spacial score (nSPS) is 42.6. The second-order valence-electron chi connectivity index (χ2n) is 4.58. The fourth-order valence-electron chi connectivity index (χ4n) is 3.16. The van der Waals surface area contributed by atoms with E-state index < -0.39 is 0 Å². The highest BCUT2D eigenvalue weighted by Gasteiger charge is 2.47. The fourth-order valence-corrected chi connectivity index (χ4v) is 3.16. The lowest BCUT2D eigenvalue weighted by molar-refractivity contribution is -0.127. The summed E-state index contributed by atoms with van der Waals surface area (Å²) < 4.78 is 5.96. The van der Waals surface area contributed by atoms with Gasteiger partial charge in [0, 0.05) is 12.3 Å². The van der Waals surface area contributed by atoms with Crippen molar-refractivity contribution in [1.82, 2.24) is 0 Å². The molecule has 80 valence electrons. The molecule has 1 aliphatic heterocycles. The summed E-state index contributed by atoms with van der Waals surface area (Å²) in [5.41, 5.74) is 0. The molecule has 1 heterocycles. The van der Waals surface area contributed by atoms with Crippen LogP contribution in [-0.2, 0) is 9.53 Å². The van der Waals surface area contributed by atoms with E-state index in [4.69, 9.17) is 4.74 Å². The number of rotatable bonds is 2. The second kappa shape index (κ2) is 4.01. The molecule has 0 bridgehead atoms. The average molecular weight is 196 g/mol. The summed E-state index contributed by atoms with van der Waals surface area (Å²) in [6.07, 6.45) is 5.69. The molecular weight excluding hydrogens is 176 g/mol. The highest BCUT2D eigenvalue weighted by molar-refractivity contribution is 5.83. The van der Waals surface area contributed by atoms with E-state index in [1.165, 1.54) is 6.42 Å². The van der Waals surface area contributed by atoms with E-state index in [0.717, 1.165) is 25.7 Å². The largest absolute Gasteiger partial charge is 0.374 e. The number of ketones is 1. The maximum atomic E-state index is 11.8. The van der Waals surface area contributed by atoms with Gasteiger partial charge in [-0.05, 0) is 31.6 Å². The van der Waals surface area contributed by atoms with Gasteiger partial charge in [0.25, 0.3) is 0 Å². The summed E-state index contributed by atoms with van der Waals surface area (Å²) in [7, 11) is 0. The Hall–Kier alpha value is -0.370. The maximum Gasteiger partial charge on any atom is 0.138 e. The van der Waals surface area contributed by atoms with Crippen molar-refractivity contribution in [3.05, 3.63) is 0 Å². The Morgan fingerprint density at radius 3 is 2.64 bits per heavy atom. The van der Waals surface area contributed by atoms with Crippen molar-refractivity contribution in [2.75, 3.05) is 0 Å². The number of hydrogen-bond donors (Lipinski definition) is 0. The van der Waals surface area contributed by atoms with E-state index in [9.17, 15) is 4.79 Å². The Kier molecular flexibility index (Phi) is 2.91. The molecule has 0 aromatic carbocycles.